The first-order valence-corrected chi connectivity index (χ1v) is 7.86. The van der Waals surface area contributed by atoms with Crippen molar-refractivity contribution in [2.45, 2.75) is 25.9 Å². The van der Waals surface area contributed by atoms with E-state index in [4.69, 9.17) is 4.74 Å². The lowest BCUT2D eigenvalue weighted by atomic mass is 10.2. The molecule has 0 aliphatic heterocycles. The Kier molecular flexibility index (Phi) is 4.27. The van der Waals surface area contributed by atoms with E-state index in [-0.39, 0.29) is 5.16 Å². The fraction of sp³-hybridized carbons (Fsp3) is 0.294. The predicted octanol–water partition coefficient (Wildman–Crippen LogP) is 3.93. The van der Waals surface area contributed by atoms with Crippen LogP contribution in [0, 0.1) is 0 Å². The first-order chi connectivity index (χ1) is 9.04. The molecule has 0 radical (unpaired) electrons. The van der Waals surface area contributed by atoms with E-state index in [0.717, 1.165) is 5.75 Å². The summed E-state index contributed by atoms with van der Waals surface area (Å²) in [6.45, 7) is 6.91. The lowest BCUT2D eigenvalue weighted by Gasteiger charge is -2.33. The zero-order valence-electron chi connectivity index (χ0n) is 12.1. The minimum absolute atomic E-state index is 0.200. The maximum Gasteiger partial charge on any atom is 0.126 e. The number of hydrogen-bond donors (Lipinski definition) is 0. The van der Waals surface area contributed by atoms with Crippen LogP contribution in [0.4, 0.5) is 0 Å². The van der Waals surface area contributed by atoms with Gasteiger partial charge in [0.25, 0.3) is 0 Å². The third-order valence-electron chi connectivity index (χ3n) is 3.01. The first-order valence-electron chi connectivity index (χ1n) is 6.52. The average molecular weight is 272 g/mol. The second-order valence-electron chi connectivity index (χ2n) is 5.51. The molecule has 1 atom stereocenters. The van der Waals surface area contributed by atoms with Gasteiger partial charge in [0.05, 0.1) is 7.11 Å². The van der Waals surface area contributed by atoms with Crippen molar-refractivity contribution < 1.29 is 4.74 Å². The smallest absolute Gasteiger partial charge is 0.126 e. The van der Waals surface area contributed by atoms with Gasteiger partial charge in [-0.15, -0.1) is 0 Å². The SMILES string of the molecule is COc1ccccc1P(c1ccccc1)C(C)(C)C. The number of hydrogen-bond acceptors (Lipinski definition) is 1. The lowest BCUT2D eigenvalue weighted by Crippen LogP contribution is -2.27. The molecular weight excluding hydrogens is 251 g/mol. The van der Waals surface area contributed by atoms with Crippen molar-refractivity contribution in [2.75, 3.05) is 7.11 Å². The molecule has 100 valence electrons. The van der Waals surface area contributed by atoms with Crippen LogP contribution in [0.5, 0.6) is 5.75 Å². The zero-order valence-corrected chi connectivity index (χ0v) is 12.9. The summed E-state index contributed by atoms with van der Waals surface area (Å²) in [5.74, 6) is 0.993. The van der Waals surface area contributed by atoms with Crippen LogP contribution in [0.3, 0.4) is 0 Å². The molecule has 1 unspecified atom stereocenters. The molecule has 0 heterocycles. The highest BCUT2D eigenvalue weighted by Crippen LogP contribution is 2.49. The van der Waals surface area contributed by atoms with Gasteiger partial charge in [-0.25, -0.2) is 0 Å². The second kappa shape index (κ2) is 5.75. The van der Waals surface area contributed by atoms with Gasteiger partial charge in [0.2, 0.25) is 0 Å². The molecule has 0 aliphatic rings. The van der Waals surface area contributed by atoms with E-state index in [2.05, 4.69) is 69.3 Å². The molecule has 0 aliphatic carbocycles. The topological polar surface area (TPSA) is 9.23 Å². The zero-order chi connectivity index (χ0) is 13.9. The molecule has 0 bridgehead atoms. The molecule has 2 aromatic rings. The molecule has 0 aromatic heterocycles. The second-order valence-corrected chi connectivity index (χ2v) is 8.52. The summed E-state index contributed by atoms with van der Waals surface area (Å²) in [4.78, 5) is 0. The van der Waals surface area contributed by atoms with E-state index in [1.165, 1.54) is 10.6 Å². The van der Waals surface area contributed by atoms with Gasteiger partial charge in [-0.3, -0.25) is 0 Å². The Bertz CT molecular complexity index is 528. The molecule has 0 saturated carbocycles. The van der Waals surface area contributed by atoms with Crippen LogP contribution in [-0.4, -0.2) is 12.3 Å². The number of methoxy groups -OCH3 is 1. The molecule has 2 aromatic carbocycles. The average Bonchev–Trinajstić information content (AvgIpc) is 2.39. The first kappa shape index (κ1) is 14.1. The normalized spacial score (nSPS) is 13.1. The Hall–Kier alpha value is -1.33. The van der Waals surface area contributed by atoms with Crippen LogP contribution in [-0.2, 0) is 0 Å². The van der Waals surface area contributed by atoms with E-state index < -0.39 is 7.92 Å². The van der Waals surface area contributed by atoms with Crippen LogP contribution in [0.1, 0.15) is 20.8 Å². The van der Waals surface area contributed by atoms with Crippen molar-refractivity contribution in [1.82, 2.24) is 0 Å². The molecule has 2 heteroatoms. The Morgan fingerprint density at radius 2 is 1.42 bits per heavy atom. The fourth-order valence-corrected chi connectivity index (χ4v) is 5.15. The number of ether oxygens (including phenoxy) is 1. The van der Waals surface area contributed by atoms with Crippen molar-refractivity contribution in [3.05, 3.63) is 54.6 Å². The predicted molar refractivity (Wildman–Crippen MR) is 85.4 cm³/mol. The molecule has 0 spiro atoms. The van der Waals surface area contributed by atoms with Gasteiger partial charge in [0, 0.05) is 5.30 Å². The highest BCUT2D eigenvalue weighted by Gasteiger charge is 2.29. The van der Waals surface area contributed by atoms with Crippen molar-refractivity contribution in [3.8, 4) is 5.75 Å². The molecule has 0 fully saturated rings. The Morgan fingerprint density at radius 3 is 2.00 bits per heavy atom. The molecule has 0 saturated heterocycles. The van der Waals surface area contributed by atoms with Gasteiger partial charge in [-0.05, 0) is 24.4 Å². The molecule has 19 heavy (non-hydrogen) atoms. The summed E-state index contributed by atoms with van der Waals surface area (Å²) in [7, 11) is 1.31. The minimum Gasteiger partial charge on any atom is -0.496 e. The standard InChI is InChI=1S/C17H21OP/c1-17(2,3)19(14-10-6-5-7-11-14)16-13-9-8-12-15(16)18-4/h5-13H,1-4H3. The summed E-state index contributed by atoms with van der Waals surface area (Å²) >= 11 is 0. The summed E-state index contributed by atoms with van der Waals surface area (Å²) in [6, 6.07) is 19.1. The van der Waals surface area contributed by atoms with E-state index in [0.29, 0.717) is 0 Å². The molecule has 0 amide bonds. The van der Waals surface area contributed by atoms with Crippen LogP contribution in [0.25, 0.3) is 0 Å². The Balaban J connectivity index is 2.56. The van der Waals surface area contributed by atoms with Gasteiger partial charge in [0.15, 0.2) is 0 Å². The van der Waals surface area contributed by atoms with E-state index in [1.54, 1.807) is 7.11 Å². The van der Waals surface area contributed by atoms with E-state index >= 15 is 0 Å². The molecular formula is C17H21OP. The van der Waals surface area contributed by atoms with Crippen molar-refractivity contribution in [3.63, 3.8) is 0 Å². The lowest BCUT2D eigenvalue weighted by molar-refractivity contribution is 0.418. The third-order valence-corrected chi connectivity index (χ3v) is 6.02. The highest BCUT2D eigenvalue weighted by atomic mass is 31.1. The van der Waals surface area contributed by atoms with Gasteiger partial charge < -0.3 is 4.74 Å². The molecule has 0 N–H and O–H groups in total. The minimum atomic E-state index is -0.444. The summed E-state index contributed by atoms with van der Waals surface area (Å²) in [5, 5.41) is 2.92. The van der Waals surface area contributed by atoms with Crippen LogP contribution >= 0.6 is 7.92 Å². The monoisotopic (exact) mass is 272 g/mol. The third kappa shape index (κ3) is 3.16. The number of rotatable bonds is 3. The maximum absolute atomic E-state index is 5.56. The van der Waals surface area contributed by atoms with Crippen molar-refractivity contribution in [2.24, 2.45) is 0 Å². The van der Waals surface area contributed by atoms with Gasteiger partial charge >= 0.3 is 0 Å². The fourth-order valence-electron chi connectivity index (χ4n) is 2.28. The molecule has 1 nitrogen and oxygen atoms in total. The largest absolute Gasteiger partial charge is 0.496 e. The maximum atomic E-state index is 5.56. The summed E-state index contributed by atoms with van der Waals surface area (Å²) in [6.07, 6.45) is 0. The van der Waals surface area contributed by atoms with Gasteiger partial charge in [-0.1, -0.05) is 69.3 Å². The number of benzene rings is 2. The Labute approximate surface area is 117 Å². The highest BCUT2D eigenvalue weighted by molar-refractivity contribution is 7.74. The summed E-state index contributed by atoms with van der Waals surface area (Å²) < 4.78 is 5.56. The van der Waals surface area contributed by atoms with E-state index in [9.17, 15) is 0 Å². The van der Waals surface area contributed by atoms with Gasteiger partial charge in [0.1, 0.15) is 5.75 Å². The van der Waals surface area contributed by atoms with Crippen molar-refractivity contribution >= 4 is 18.5 Å². The van der Waals surface area contributed by atoms with E-state index in [1.807, 2.05) is 6.07 Å². The number of para-hydroxylation sites is 1. The van der Waals surface area contributed by atoms with Gasteiger partial charge in [-0.2, -0.15) is 0 Å². The summed E-state index contributed by atoms with van der Waals surface area (Å²) in [5.41, 5.74) is 0. The van der Waals surface area contributed by atoms with Crippen LogP contribution in [0.15, 0.2) is 54.6 Å². The Morgan fingerprint density at radius 1 is 0.842 bits per heavy atom. The van der Waals surface area contributed by atoms with Crippen LogP contribution < -0.4 is 15.3 Å². The van der Waals surface area contributed by atoms with Crippen LogP contribution in [0.2, 0.25) is 0 Å². The quantitative estimate of drug-likeness (QED) is 0.769. The molecule has 2 rings (SSSR count). The van der Waals surface area contributed by atoms with Crippen molar-refractivity contribution in [1.29, 1.82) is 0 Å².